The number of aromatic nitrogens is 4. The Hall–Kier alpha value is -1.76. The minimum atomic E-state index is -1.15. The Balaban J connectivity index is 1.38. The zero-order valence-corrected chi connectivity index (χ0v) is 24.2. The first-order chi connectivity index (χ1) is 17.5. The molecule has 0 amide bonds. The van der Waals surface area contributed by atoms with Crippen LogP contribution in [0.25, 0.3) is 5.52 Å². The van der Waals surface area contributed by atoms with E-state index in [9.17, 15) is 4.55 Å². The normalized spacial score (nSPS) is 22.7. The van der Waals surface area contributed by atoms with Crippen LogP contribution in [-0.2, 0) is 16.1 Å². The molecule has 12 heteroatoms. The van der Waals surface area contributed by atoms with Crippen molar-refractivity contribution in [2.75, 3.05) is 30.3 Å². The molecule has 3 aromatic rings. The van der Waals surface area contributed by atoms with Crippen molar-refractivity contribution in [3.05, 3.63) is 35.5 Å². The maximum Gasteiger partial charge on any atom is 0.154 e. The van der Waals surface area contributed by atoms with E-state index in [-0.39, 0.29) is 22.3 Å². The van der Waals surface area contributed by atoms with Gasteiger partial charge in [0.2, 0.25) is 0 Å². The number of aryl methyl sites for hydroxylation is 1. The topological polar surface area (TPSA) is 117 Å². The first kappa shape index (κ1) is 26.8. The minimum Gasteiger partial charge on any atom is -0.598 e. The second-order valence-electron chi connectivity index (χ2n) is 10.9. The van der Waals surface area contributed by atoms with Crippen LogP contribution in [0.5, 0.6) is 0 Å². The third-order valence-corrected chi connectivity index (χ3v) is 10.7. The molecule has 0 aromatic carbocycles. The summed E-state index contributed by atoms with van der Waals surface area (Å²) in [5, 5.41) is 1.37. The van der Waals surface area contributed by atoms with Gasteiger partial charge in [0, 0.05) is 41.0 Å². The van der Waals surface area contributed by atoms with Gasteiger partial charge >= 0.3 is 0 Å². The molecule has 9 nitrogen and oxygen atoms in total. The lowest BCUT2D eigenvalue weighted by atomic mass is 9.73. The SMILES string of the molecule is Cc1nc(N2CCC3(CC2)CO[C@@H](C)[C@H]3N[S+]([O-])C(C)(C)C)c2cncn2c1Sc1ccnc(N)c1Cl. The fourth-order valence-corrected chi connectivity index (χ4v) is 7.38. The highest BCUT2D eigenvalue weighted by Crippen LogP contribution is 2.44. The summed E-state index contributed by atoms with van der Waals surface area (Å²) in [6.45, 7) is 12.4. The first-order valence-corrected chi connectivity index (χ1v) is 14.8. The average Bonchev–Trinajstić information content (AvgIpc) is 3.45. The Kier molecular flexibility index (Phi) is 7.32. The number of hydrogen-bond acceptors (Lipinski definition) is 9. The van der Waals surface area contributed by atoms with Gasteiger partial charge in [-0.25, -0.2) is 15.0 Å². The maximum absolute atomic E-state index is 12.9. The molecule has 3 aromatic heterocycles. The van der Waals surface area contributed by atoms with Crippen LogP contribution in [0.2, 0.25) is 5.02 Å². The van der Waals surface area contributed by atoms with Crippen molar-refractivity contribution >= 4 is 51.9 Å². The maximum atomic E-state index is 12.9. The van der Waals surface area contributed by atoms with Crippen molar-refractivity contribution in [2.45, 2.75) is 74.3 Å². The molecule has 37 heavy (non-hydrogen) atoms. The summed E-state index contributed by atoms with van der Waals surface area (Å²) in [5.74, 6) is 1.23. The number of fused-ring (bicyclic) bond motifs is 1. The number of halogens is 1. The molecule has 0 radical (unpaired) electrons. The summed E-state index contributed by atoms with van der Waals surface area (Å²) in [6.07, 6.45) is 7.21. The second kappa shape index (κ2) is 10.1. The van der Waals surface area contributed by atoms with Crippen LogP contribution in [0.15, 0.2) is 34.7 Å². The average molecular weight is 564 g/mol. The molecular formula is C25H34ClN7O2S2. The predicted molar refractivity (Wildman–Crippen MR) is 150 cm³/mol. The number of nitrogens with zero attached hydrogens (tertiary/aromatic N) is 5. The smallest absolute Gasteiger partial charge is 0.154 e. The number of rotatable bonds is 5. The molecule has 1 spiro atoms. The van der Waals surface area contributed by atoms with E-state index in [1.165, 1.54) is 11.8 Å². The number of piperidine rings is 1. The number of nitrogen functional groups attached to an aromatic ring is 1. The molecule has 2 aliphatic heterocycles. The van der Waals surface area contributed by atoms with Crippen LogP contribution < -0.4 is 15.4 Å². The number of imidazole rings is 1. The van der Waals surface area contributed by atoms with Crippen LogP contribution in [0.3, 0.4) is 0 Å². The number of nitrogens with one attached hydrogen (secondary N) is 1. The molecule has 0 bridgehead atoms. The van der Waals surface area contributed by atoms with Crippen LogP contribution in [0.1, 0.15) is 46.2 Å². The molecule has 3 N–H and O–H groups in total. The van der Waals surface area contributed by atoms with Crippen molar-refractivity contribution in [3.63, 3.8) is 0 Å². The zero-order valence-electron chi connectivity index (χ0n) is 21.8. The van der Waals surface area contributed by atoms with E-state index in [4.69, 9.17) is 27.1 Å². The summed E-state index contributed by atoms with van der Waals surface area (Å²) in [7, 11) is 0. The van der Waals surface area contributed by atoms with Gasteiger partial charge in [-0.1, -0.05) is 23.4 Å². The molecular weight excluding hydrogens is 530 g/mol. The van der Waals surface area contributed by atoms with Gasteiger partial charge in [-0.05, 0) is 53.5 Å². The summed E-state index contributed by atoms with van der Waals surface area (Å²) in [4.78, 5) is 16.7. The van der Waals surface area contributed by atoms with Gasteiger partial charge < -0.3 is 19.9 Å². The van der Waals surface area contributed by atoms with Gasteiger partial charge in [0.15, 0.2) is 5.82 Å². The van der Waals surface area contributed by atoms with Crippen LogP contribution >= 0.6 is 23.4 Å². The molecule has 5 heterocycles. The van der Waals surface area contributed by atoms with Gasteiger partial charge in [0.1, 0.15) is 27.4 Å². The van der Waals surface area contributed by atoms with Crippen molar-refractivity contribution in [2.24, 2.45) is 5.41 Å². The van der Waals surface area contributed by atoms with E-state index in [2.05, 4.69) is 30.9 Å². The number of nitrogens with two attached hydrogens (primary N) is 1. The molecule has 2 aliphatic rings. The molecule has 0 aliphatic carbocycles. The Morgan fingerprint density at radius 1 is 1.32 bits per heavy atom. The van der Waals surface area contributed by atoms with Crippen molar-refractivity contribution in [1.29, 1.82) is 0 Å². The summed E-state index contributed by atoms with van der Waals surface area (Å²) < 4.78 is 24.2. The van der Waals surface area contributed by atoms with Gasteiger partial charge in [0.05, 0.1) is 35.7 Å². The monoisotopic (exact) mass is 563 g/mol. The molecule has 5 rings (SSSR count). The largest absolute Gasteiger partial charge is 0.598 e. The molecule has 1 unspecified atom stereocenters. The van der Waals surface area contributed by atoms with Crippen molar-refractivity contribution < 1.29 is 9.29 Å². The molecule has 3 atom stereocenters. The molecule has 2 fully saturated rings. The Morgan fingerprint density at radius 2 is 2.05 bits per heavy atom. The highest BCUT2D eigenvalue weighted by molar-refractivity contribution is 7.99. The Labute approximate surface area is 230 Å². The molecule has 200 valence electrons. The highest BCUT2D eigenvalue weighted by Gasteiger charge is 2.52. The summed E-state index contributed by atoms with van der Waals surface area (Å²) in [6, 6.07) is 1.90. The Bertz CT molecular complexity index is 1290. The van der Waals surface area contributed by atoms with Crippen molar-refractivity contribution in [1.82, 2.24) is 24.1 Å². The lowest BCUT2D eigenvalue weighted by molar-refractivity contribution is 0.0973. The Morgan fingerprint density at radius 3 is 2.76 bits per heavy atom. The fraction of sp³-hybridized carbons (Fsp3) is 0.560. The van der Waals surface area contributed by atoms with Crippen LogP contribution in [-0.4, -0.2) is 60.5 Å². The van der Waals surface area contributed by atoms with E-state index in [1.54, 1.807) is 6.20 Å². The third kappa shape index (κ3) is 5.02. The second-order valence-corrected chi connectivity index (χ2v) is 14.3. The number of ether oxygens (including phenoxy) is 1. The lowest BCUT2D eigenvalue weighted by Gasteiger charge is -2.43. The van der Waals surface area contributed by atoms with E-state index >= 15 is 0 Å². The van der Waals surface area contributed by atoms with E-state index < -0.39 is 11.4 Å². The quantitative estimate of drug-likeness (QED) is 0.439. The zero-order chi connectivity index (χ0) is 26.5. The van der Waals surface area contributed by atoms with Crippen LogP contribution in [0, 0.1) is 12.3 Å². The summed E-state index contributed by atoms with van der Waals surface area (Å²) in [5.41, 5.74) is 7.70. The first-order valence-electron chi connectivity index (χ1n) is 12.5. The van der Waals surface area contributed by atoms with Gasteiger partial charge in [0.25, 0.3) is 0 Å². The van der Waals surface area contributed by atoms with Gasteiger partial charge in [-0.3, -0.25) is 4.40 Å². The molecule has 0 saturated carbocycles. The predicted octanol–water partition coefficient (Wildman–Crippen LogP) is 4.25. The number of hydrogen-bond donors (Lipinski definition) is 2. The lowest BCUT2D eigenvalue weighted by Crippen LogP contribution is -2.56. The van der Waals surface area contributed by atoms with E-state index in [0.717, 1.165) is 52.9 Å². The van der Waals surface area contributed by atoms with E-state index in [0.29, 0.717) is 17.4 Å². The standard InChI is InChI=1S/C25H34ClN7O2S2/c1-15-23(36-18-6-9-29-21(27)19(18)26)33-14-28-12-17(33)22(30-15)32-10-7-25(8-11-32)13-35-16(2)20(25)31-37(34)24(3,4)5/h6,9,12,14,16,20,31H,7-8,10-11,13H2,1-5H3,(H2,27,29)/t16-,20+,37?/m0/s1. The summed E-state index contributed by atoms with van der Waals surface area (Å²) >= 11 is 6.77. The molecule has 2 saturated heterocycles. The van der Waals surface area contributed by atoms with E-state index in [1.807, 2.05) is 46.3 Å². The number of pyridine rings is 1. The van der Waals surface area contributed by atoms with Gasteiger partial charge in [-0.2, -0.15) is 0 Å². The minimum absolute atomic E-state index is 0.0186. The highest BCUT2D eigenvalue weighted by atomic mass is 35.5. The number of anilines is 2. The third-order valence-electron chi connectivity index (χ3n) is 7.37. The van der Waals surface area contributed by atoms with Gasteiger partial charge in [-0.15, -0.1) is 4.72 Å². The fourth-order valence-electron chi connectivity index (χ4n) is 5.15. The van der Waals surface area contributed by atoms with Crippen molar-refractivity contribution in [3.8, 4) is 0 Å². The van der Waals surface area contributed by atoms with Crippen LogP contribution in [0.4, 0.5) is 11.6 Å².